The van der Waals surface area contributed by atoms with Gasteiger partial charge in [-0.25, -0.2) is 4.39 Å². The molecule has 0 aliphatic heterocycles. The van der Waals surface area contributed by atoms with Crippen molar-refractivity contribution in [3.8, 4) is 0 Å². The third-order valence-corrected chi connectivity index (χ3v) is 3.83. The molecule has 0 unspecified atom stereocenters. The number of hydrogen-bond acceptors (Lipinski definition) is 1. The van der Waals surface area contributed by atoms with E-state index in [2.05, 4.69) is 35.1 Å². The van der Waals surface area contributed by atoms with Crippen LogP contribution in [-0.4, -0.2) is 18.3 Å². The van der Waals surface area contributed by atoms with Crippen LogP contribution in [0.2, 0.25) is 0 Å². The van der Waals surface area contributed by atoms with Crippen molar-refractivity contribution in [2.24, 2.45) is 5.41 Å². The van der Waals surface area contributed by atoms with Crippen LogP contribution in [0.15, 0.2) is 22.7 Å². The molecule has 1 aromatic rings. The highest BCUT2D eigenvalue weighted by Crippen LogP contribution is 2.23. The topological polar surface area (TPSA) is 29.1 Å². The van der Waals surface area contributed by atoms with Gasteiger partial charge in [-0.05, 0) is 46.3 Å². The van der Waals surface area contributed by atoms with E-state index in [0.29, 0.717) is 16.9 Å². The molecule has 1 aromatic carbocycles. The highest BCUT2D eigenvalue weighted by atomic mass is 79.9. The summed E-state index contributed by atoms with van der Waals surface area (Å²) in [5.74, 6) is -0.315. The van der Waals surface area contributed by atoms with Gasteiger partial charge in [0.05, 0.1) is 5.56 Å². The largest absolute Gasteiger partial charge is 0.351 e. The first kappa shape index (κ1) is 16.4. The summed E-state index contributed by atoms with van der Waals surface area (Å²) in [5, 5.41) is 2.78. The number of nitrogens with one attached hydrogen (secondary N) is 1. The zero-order valence-corrected chi connectivity index (χ0v) is 13.4. The zero-order chi connectivity index (χ0) is 14.5. The molecule has 0 bridgehead atoms. The monoisotopic (exact) mass is 349 g/mol. The lowest BCUT2D eigenvalue weighted by Gasteiger charge is -2.24. The molecule has 0 saturated heterocycles. The molecule has 0 atom stereocenters. The third kappa shape index (κ3) is 5.11. The Morgan fingerprint density at radius 2 is 2.16 bits per heavy atom. The van der Waals surface area contributed by atoms with Gasteiger partial charge in [-0.1, -0.05) is 19.9 Å². The summed E-state index contributed by atoms with van der Waals surface area (Å²) in [6, 6.07) is 4.48. The fraction of sp³-hybridized carbons (Fsp3) is 0.500. The Morgan fingerprint density at radius 3 is 2.74 bits per heavy atom. The first-order valence-electron chi connectivity index (χ1n) is 6.15. The summed E-state index contributed by atoms with van der Waals surface area (Å²) in [7, 11) is 0. The predicted molar refractivity (Wildman–Crippen MR) is 80.2 cm³/mol. The smallest absolute Gasteiger partial charge is 0.255 e. The molecule has 2 nitrogen and oxygen atoms in total. The Balaban J connectivity index is 2.66. The molecule has 0 aromatic heterocycles. The molecule has 0 aliphatic rings. The lowest BCUT2D eigenvalue weighted by atomic mass is 9.88. The zero-order valence-electron chi connectivity index (χ0n) is 11.1. The molecular formula is C14H18BrClFNO. The van der Waals surface area contributed by atoms with Gasteiger partial charge >= 0.3 is 0 Å². The molecule has 0 fully saturated rings. The van der Waals surface area contributed by atoms with E-state index >= 15 is 0 Å². The number of carbonyl (C=O) groups is 1. The lowest BCUT2D eigenvalue weighted by molar-refractivity contribution is 0.0929. The number of carbonyl (C=O) groups excluding carboxylic acids is 1. The van der Waals surface area contributed by atoms with E-state index in [0.717, 1.165) is 12.8 Å². The highest BCUT2D eigenvalue weighted by molar-refractivity contribution is 9.10. The van der Waals surface area contributed by atoms with Crippen molar-refractivity contribution >= 4 is 33.4 Å². The number of alkyl halides is 1. The van der Waals surface area contributed by atoms with E-state index in [4.69, 9.17) is 11.6 Å². The van der Waals surface area contributed by atoms with E-state index in [1.54, 1.807) is 12.1 Å². The van der Waals surface area contributed by atoms with Gasteiger partial charge in [0.1, 0.15) is 5.82 Å². The van der Waals surface area contributed by atoms with Crippen LogP contribution in [-0.2, 0) is 0 Å². The quantitative estimate of drug-likeness (QED) is 0.759. The molecule has 0 heterocycles. The fourth-order valence-corrected chi connectivity index (χ4v) is 2.41. The summed E-state index contributed by atoms with van der Waals surface area (Å²) >= 11 is 8.86. The number of rotatable bonds is 6. The average molecular weight is 351 g/mol. The number of halogens is 3. The van der Waals surface area contributed by atoms with Gasteiger partial charge in [0.2, 0.25) is 0 Å². The normalized spacial score (nSPS) is 11.4. The maximum absolute atomic E-state index is 13.6. The molecule has 106 valence electrons. The standard InChI is InChI=1S/C14H18BrClFNO/c1-14(2,7-4-8-16)9-18-13(19)12-10(15)5-3-6-11(12)17/h3,5-6H,4,7-9H2,1-2H3,(H,18,19). The maximum Gasteiger partial charge on any atom is 0.255 e. The first-order valence-corrected chi connectivity index (χ1v) is 7.48. The van der Waals surface area contributed by atoms with E-state index in [-0.39, 0.29) is 11.0 Å². The molecule has 0 radical (unpaired) electrons. The van der Waals surface area contributed by atoms with E-state index in [1.165, 1.54) is 6.07 Å². The van der Waals surface area contributed by atoms with E-state index in [9.17, 15) is 9.18 Å². The predicted octanol–water partition coefficient (Wildman–Crippen LogP) is 4.36. The Kier molecular flexibility index (Phi) is 6.27. The van der Waals surface area contributed by atoms with Crippen LogP contribution in [0.3, 0.4) is 0 Å². The third-order valence-electron chi connectivity index (χ3n) is 2.90. The summed E-state index contributed by atoms with van der Waals surface area (Å²) in [6.45, 7) is 4.59. The summed E-state index contributed by atoms with van der Waals surface area (Å²) in [6.07, 6.45) is 1.81. The molecule has 0 spiro atoms. The number of hydrogen-bond donors (Lipinski definition) is 1. The van der Waals surface area contributed by atoms with Crippen LogP contribution in [0.25, 0.3) is 0 Å². The van der Waals surface area contributed by atoms with Crippen LogP contribution in [0, 0.1) is 11.2 Å². The van der Waals surface area contributed by atoms with Crippen LogP contribution in [0.5, 0.6) is 0 Å². The van der Waals surface area contributed by atoms with E-state index < -0.39 is 11.7 Å². The van der Waals surface area contributed by atoms with Crippen molar-refractivity contribution in [1.82, 2.24) is 5.32 Å². The van der Waals surface area contributed by atoms with Gasteiger partial charge in [0.15, 0.2) is 0 Å². The van der Waals surface area contributed by atoms with Crippen molar-refractivity contribution in [1.29, 1.82) is 0 Å². The molecule has 5 heteroatoms. The molecule has 19 heavy (non-hydrogen) atoms. The average Bonchev–Trinajstić information content (AvgIpc) is 2.34. The number of benzene rings is 1. The fourth-order valence-electron chi connectivity index (χ4n) is 1.76. The van der Waals surface area contributed by atoms with Crippen molar-refractivity contribution in [2.45, 2.75) is 26.7 Å². The second-order valence-electron chi connectivity index (χ2n) is 5.24. The van der Waals surface area contributed by atoms with Crippen LogP contribution >= 0.6 is 27.5 Å². The highest BCUT2D eigenvalue weighted by Gasteiger charge is 2.21. The molecule has 1 N–H and O–H groups in total. The van der Waals surface area contributed by atoms with Crippen LogP contribution < -0.4 is 5.32 Å². The van der Waals surface area contributed by atoms with Gasteiger partial charge in [-0.15, -0.1) is 11.6 Å². The molecule has 0 saturated carbocycles. The van der Waals surface area contributed by atoms with Gasteiger partial charge in [-0.3, -0.25) is 4.79 Å². The minimum Gasteiger partial charge on any atom is -0.351 e. The SMILES string of the molecule is CC(C)(CCCCl)CNC(=O)c1c(F)cccc1Br. The van der Waals surface area contributed by atoms with Gasteiger partial charge in [-0.2, -0.15) is 0 Å². The lowest BCUT2D eigenvalue weighted by Crippen LogP contribution is -2.34. The Morgan fingerprint density at radius 1 is 1.47 bits per heavy atom. The molecule has 1 rings (SSSR count). The minimum absolute atomic E-state index is 0.0515. The Labute approximate surface area is 126 Å². The van der Waals surface area contributed by atoms with Gasteiger partial charge < -0.3 is 5.32 Å². The summed E-state index contributed by atoms with van der Waals surface area (Å²) in [4.78, 5) is 12.0. The van der Waals surface area contributed by atoms with Crippen LogP contribution in [0.4, 0.5) is 4.39 Å². The van der Waals surface area contributed by atoms with Crippen molar-refractivity contribution in [3.63, 3.8) is 0 Å². The van der Waals surface area contributed by atoms with Crippen molar-refractivity contribution < 1.29 is 9.18 Å². The van der Waals surface area contributed by atoms with E-state index in [1.807, 2.05) is 0 Å². The Hall–Kier alpha value is -0.610. The summed E-state index contributed by atoms with van der Waals surface area (Å²) in [5.41, 5.74) is -0.00177. The Bertz CT molecular complexity index is 431. The van der Waals surface area contributed by atoms with Crippen molar-refractivity contribution in [3.05, 3.63) is 34.1 Å². The molecule has 1 amide bonds. The van der Waals surface area contributed by atoms with Gasteiger partial charge in [0, 0.05) is 16.9 Å². The first-order chi connectivity index (χ1) is 8.87. The summed E-state index contributed by atoms with van der Waals surface area (Å²) < 4.78 is 14.1. The molecule has 0 aliphatic carbocycles. The second kappa shape index (κ2) is 7.25. The molecular weight excluding hydrogens is 333 g/mol. The van der Waals surface area contributed by atoms with Crippen LogP contribution in [0.1, 0.15) is 37.0 Å². The maximum atomic E-state index is 13.6. The van der Waals surface area contributed by atoms with Gasteiger partial charge in [0.25, 0.3) is 5.91 Å². The second-order valence-corrected chi connectivity index (χ2v) is 6.47. The minimum atomic E-state index is -0.523. The number of amides is 1. The van der Waals surface area contributed by atoms with Crippen molar-refractivity contribution in [2.75, 3.05) is 12.4 Å².